The molecule has 1 unspecified atom stereocenters. The van der Waals surface area contributed by atoms with E-state index in [1.54, 1.807) is 12.1 Å². The minimum absolute atomic E-state index is 0.0106. The molecule has 1 heterocycles. The quantitative estimate of drug-likeness (QED) is 0.732. The smallest absolute Gasteiger partial charge is 0.410 e. The number of hydrogen-bond donors (Lipinski definition) is 2. The van der Waals surface area contributed by atoms with E-state index in [1.807, 2.05) is 18.2 Å². The Kier molecular flexibility index (Phi) is 6.47. The lowest BCUT2D eigenvalue weighted by Crippen LogP contribution is -2.36. The van der Waals surface area contributed by atoms with Gasteiger partial charge in [-0.05, 0) is 12.0 Å². The van der Waals surface area contributed by atoms with E-state index in [2.05, 4.69) is 10.3 Å². The van der Waals surface area contributed by atoms with E-state index >= 15 is 0 Å². The average Bonchev–Trinajstić information content (AvgIpc) is 3.06. The van der Waals surface area contributed by atoms with Crippen molar-refractivity contribution in [1.29, 1.82) is 0 Å². The summed E-state index contributed by atoms with van der Waals surface area (Å²) < 4.78 is 6.57. The number of carbonyl (C=O) groups excluding carboxylic acids is 1. The molecule has 9 heteroatoms. The van der Waals surface area contributed by atoms with Crippen molar-refractivity contribution >= 4 is 12.1 Å². The van der Waals surface area contributed by atoms with E-state index < -0.39 is 18.1 Å². The summed E-state index contributed by atoms with van der Waals surface area (Å²) in [7, 11) is 1.33. The zero-order valence-electron chi connectivity index (χ0n) is 13.8. The highest BCUT2D eigenvalue weighted by atomic mass is 16.6. The third-order valence-corrected chi connectivity index (χ3v) is 3.50. The third-order valence-electron chi connectivity index (χ3n) is 3.50. The van der Waals surface area contributed by atoms with E-state index in [-0.39, 0.29) is 18.9 Å². The molecule has 134 valence electrons. The molecular weight excluding hydrogens is 328 g/mol. The lowest BCUT2D eigenvalue weighted by Gasteiger charge is -2.22. The molecule has 0 saturated heterocycles. The van der Waals surface area contributed by atoms with Crippen molar-refractivity contribution in [2.75, 3.05) is 13.7 Å². The van der Waals surface area contributed by atoms with E-state index in [0.717, 1.165) is 10.5 Å². The molecule has 0 bridgehead atoms. The fourth-order valence-electron chi connectivity index (χ4n) is 2.20. The Labute approximate surface area is 144 Å². The molecule has 0 aliphatic carbocycles. The van der Waals surface area contributed by atoms with E-state index in [1.165, 1.54) is 17.9 Å². The van der Waals surface area contributed by atoms with Crippen LogP contribution in [0.4, 0.5) is 4.79 Å². The number of ether oxygens (including phenoxy) is 1. The number of carbonyl (C=O) groups is 2. The molecule has 25 heavy (non-hydrogen) atoms. The number of aliphatic carboxylic acids is 1. The minimum Gasteiger partial charge on any atom is -0.479 e. The molecule has 0 radical (unpaired) electrons. The van der Waals surface area contributed by atoms with Crippen LogP contribution in [0.25, 0.3) is 0 Å². The Morgan fingerprint density at radius 2 is 2.04 bits per heavy atom. The first-order chi connectivity index (χ1) is 12.0. The van der Waals surface area contributed by atoms with E-state index in [4.69, 9.17) is 9.84 Å². The standard InChI is InChI=1S/C16H20N4O5/c1-19(16(24)25-11-12-6-3-2-4-7-12)14(15(22)23)13-10-20(18-17-13)8-5-9-21/h2-4,6-7,10,14,21H,5,8-9,11H2,1H3,(H,22,23). The van der Waals surface area contributed by atoms with Crippen LogP contribution < -0.4 is 0 Å². The van der Waals surface area contributed by atoms with Gasteiger partial charge in [0.1, 0.15) is 12.3 Å². The van der Waals surface area contributed by atoms with E-state index in [9.17, 15) is 14.7 Å². The largest absolute Gasteiger partial charge is 0.479 e. The zero-order valence-corrected chi connectivity index (χ0v) is 13.8. The summed E-state index contributed by atoms with van der Waals surface area (Å²) in [5.74, 6) is -1.24. The average molecular weight is 348 g/mol. The van der Waals surface area contributed by atoms with Gasteiger partial charge in [-0.25, -0.2) is 9.59 Å². The van der Waals surface area contributed by atoms with Crippen LogP contribution in [-0.4, -0.2) is 55.8 Å². The van der Waals surface area contributed by atoms with Gasteiger partial charge in [-0.15, -0.1) is 5.10 Å². The molecule has 2 N–H and O–H groups in total. The van der Waals surface area contributed by atoms with Crippen LogP contribution in [0.2, 0.25) is 0 Å². The molecule has 2 aromatic rings. The summed E-state index contributed by atoms with van der Waals surface area (Å²) in [5, 5.41) is 25.9. The number of aliphatic hydroxyl groups excluding tert-OH is 1. The second-order valence-corrected chi connectivity index (χ2v) is 5.38. The SMILES string of the molecule is CN(C(=O)OCc1ccccc1)C(C(=O)O)c1cn(CCCO)nn1. The van der Waals surface area contributed by atoms with Crippen molar-refractivity contribution in [2.24, 2.45) is 0 Å². The van der Waals surface area contributed by atoms with Crippen molar-refractivity contribution in [3.05, 3.63) is 47.8 Å². The summed E-state index contributed by atoms with van der Waals surface area (Å²) in [6.07, 6.45) is 1.13. The van der Waals surface area contributed by atoms with E-state index in [0.29, 0.717) is 13.0 Å². The molecule has 1 aromatic heterocycles. The number of rotatable bonds is 8. The van der Waals surface area contributed by atoms with Crippen LogP contribution >= 0.6 is 0 Å². The summed E-state index contributed by atoms with van der Waals surface area (Å²) >= 11 is 0. The summed E-state index contributed by atoms with van der Waals surface area (Å²) in [6, 6.07) is 7.77. The summed E-state index contributed by atoms with van der Waals surface area (Å²) in [6.45, 7) is 0.431. The maximum atomic E-state index is 12.2. The minimum atomic E-state index is -1.31. The van der Waals surface area contributed by atoms with Crippen LogP contribution in [0.15, 0.2) is 36.5 Å². The molecule has 0 aliphatic rings. The third kappa shape index (κ3) is 5.01. The Hall–Kier alpha value is -2.94. The molecule has 0 fully saturated rings. The molecule has 1 aromatic carbocycles. The Morgan fingerprint density at radius 3 is 2.68 bits per heavy atom. The first-order valence-corrected chi connectivity index (χ1v) is 7.70. The number of hydrogen-bond acceptors (Lipinski definition) is 6. The highest BCUT2D eigenvalue weighted by Crippen LogP contribution is 2.18. The Morgan fingerprint density at radius 1 is 1.32 bits per heavy atom. The number of likely N-dealkylation sites (N-methyl/N-ethyl adjacent to an activating group) is 1. The van der Waals surface area contributed by atoms with Gasteiger partial charge in [-0.1, -0.05) is 35.5 Å². The second kappa shape index (κ2) is 8.78. The lowest BCUT2D eigenvalue weighted by atomic mass is 10.2. The number of amides is 1. The van der Waals surface area contributed by atoms with Crippen molar-refractivity contribution in [1.82, 2.24) is 19.9 Å². The summed E-state index contributed by atoms with van der Waals surface area (Å²) in [4.78, 5) is 24.7. The van der Waals surface area contributed by atoms with Crippen LogP contribution in [0.1, 0.15) is 23.7 Å². The molecule has 0 saturated carbocycles. The molecule has 1 atom stereocenters. The lowest BCUT2D eigenvalue weighted by molar-refractivity contribution is -0.142. The topological polar surface area (TPSA) is 118 Å². The number of aromatic nitrogens is 3. The second-order valence-electron chi connectivity index (χ2n) is 5.38. The highest BCUT2D eigenvalue weighted by Gasteiger charge is 2.32. The number of carboxylic acid groups (broad SMARTS) is 1. The number of benzene rings is 1. The summed E-state index contributed by atoms with van der Waals surface area (Å²) in [5.41, 5.74) is 0.913. The molecule has 2 rings (SSSR count). The molecular formula is C16H20N4O5. The number of nitrogens with zero attached hydrogens (tertiary/aromatic N) is 4. The van der Waals surface area contributed by atoms with Gasteiger partial charge in [-0.2, -0.15) is 0 Å². The van der Waals surface area contributed by atoms with Crippen molar-refractivity contribution < 1.29 is 24.5 Å². The highest BCUT2D eigenvalue weighted by molar-refractivity contribution is 5.80. The van der Waals surface area contributed by atoms with Gasteiger partial charge in [0.2, 0.25) is 0 Å². The van der Waals surface area contributed by atoms with Gasteiger partial charge >= 0.3 is 12.1 Å². The maximum Gasteiger partial charge on any atom is 0.410 e. The van der Waals surface area contributed by atoms with Gasteiger partial charge in [0.05, 0.1) is 6.20 Å². The first kappa shape index (κ1) is 18.4. The van der Waals surface area contributed by atoms with Crippen molar-refractivity contribution in [2.45, 2.75) is 25.6 Å². The van der Waals surface area contributed by atoms with Crippen molar-refractivity contribution in [3.63, 3.8) is 0 Å². The van der Waals surface area contributed by atoms with Gasteiger partial charge in [-0.3, -0.25) is 9.58 Å². The van der Waals surface area contributed by atoms with Gasteiger partial charge in [0.15, 0.2) is 6.04 Å². The molecule has 0 spiro atoms. The van der Waals surface area contributed by atoms with Crippen LogP contribution in [0.5, 0.6) is 0 Å². The molecule has 9 nitrogen and oxygen atoms in total. The van der Waals surface area contributed by atoms with Crippen LogP contribution in [-0.2, 0) is 22.7 Å². The predicted molar refractivity (Wildman–Crippen MR) is 86.5 cm³/mol. The first-order valence-electron chi connectivity index (χ1n) is 7.70. The van der Waals surface area contributed by atoms with Gasteiger partial charge in [0, 0.05) is 20.2 Å². The number of aryl methyl sites for hydroxylation is 1. The molecule has 1 amide bonds. The van der Waals surface area contributed by atoms with Gasteiger partial charge in [0.25, 0.3) is 0 Å². The van der Waals surface area contributed by atoms with Crippen LogP contribution in [0, 0.1) is 0 Å². The Bertz CT molecular complexity index is 704. The normalized spacial score (nSPS) is 11.8. The predicted octanol–water partition coefficient (Wildman–Crippen LogP) is 1.05. The van der Waals surface area contributed by atoms with Gasteiger partial charge < -0.3 is 14.9 Å². The van der Waals surface area contributed by atoms with Crippen LogP contribution in [0.3, 0.4) is 0 Å². The number of aliphatic hydroxyl groups is 1. The Balaban J connectivity index is 2.04. The van der Waals surface area contributed by atoms with Crippen molar-refractivity contribution in [3.8, 4) is 0 Å². The molecule has 0 aliphatic heterocycles. The maximum absolute atomic E-state index is 12.2. The fraction of sp³-hybridized carbons (Fsp3) is 0.375. The monoisotopic (exact) mass is 348 g/mol. The fourth-order valence-corrected chi connectivity index (χ4v) is 2.20. The number of carboxylic acids is 1. The zero-order chi connectivity index (χ0) is 18.2.